The fourth-order valence-electron chi connectivity index (χ4n) is 16.1. The molecule has 3 fully saturated rings. The number of para-hydroxylation sites is 8. The zero-order chi connectivity index (χ0) is 72.9. The molecule has 4 aromatic heterocycles. The molecule has 20 nitrogen and oxygen atoms in total. The minimum absolute atomic E-state index is 0. The zero-order valence-electron chi connectivity index (χ0n) is 61.0. The Labute approximate surface area is 660 Å². The van der Waals surface area contributed by atoms with Crippen molar-refractivity contribution in [3.8, 4) is 0 Å². The second kappa shape index (κ2) is 35.2. The number of carbonyl (C=O) groups excluding carboxylic acids is 6. The van der Waals surface area contributed by atoms with Crippen molar-refractivity contribution in [3.05, 3.63) is 211 Å². The number of fused-ring (bicyclic) bond motifs is 7. The van der Waals surface area contributed by atoms with Gasteiger partial charge < -0.3 is 38.6 Å². The number of amides is 3. The first kappa shape index (κ1) is 80.9. The number of aliphatic hydroxyl groups is 1. The minimum atomic E-state index is -0.496. The Morgan fingerprint density at radius 3 is 1.32 bits per heavy atom. The molecule has 3 amide bonds. The van der Waals surface area contributed by atoms with E-state index >= 15 is 0 Å². The number of aromatic amines is 1. The van der Waals surface area contributed by atoms with E-state index in [9.17, 15) is 33.9 Å². The summed E-state index contributed by atoms with van der Waals surface area (Å²) in [5.41, 5.74) is 15.8. The number of ketones is 1. The number of rotatable bonds is 12. The molecule has 562 valence electrons. The SMILES string of the molecule is Brc1nc2ccccc2[nH]1.CCCn1c(Br)nc2ccccc21.CCCn1c(N2CC[C@@]3(CCc4ccc(C(=O)CO)cc4C3)C2=O)nc2ccccc21.CCCn1c(N2CC[C@@]3(CCc4ccc(C(=O)OC)cc4C3)C2=O)nc2ccccc21.COC(=O)c1ccc2c(c1)C[C@]1(CCNC1=O)CC2.S.S.S. The zero-order valence-corrected chi connectivity index (χ0v) is 67.2. The highest BCUT2D eigenvalue weighted by Crippen LogP contribution is 2.48. The van der Waals surface area contributed by atoms with Gasteiger partial charge in [0.05, 0.1) is 85.7 Å². The number of aliphatic hydroxyl groups excluding tert-OH is 1. The molecule has 0 bridgehead atoms. The number of benzene rings is 7. The van der Waals surface area contributed by atoms with Crippen molar-refractivity contribution >= 4 is 164 Å². The van der Waals surface area contributed by atoms with E-state index < -0.39 is 17.4 Å². The molecule has 107 heavy (non-hydrogen) atoms. The van der Waals surface area contributed by atoms with Crippen molar-refractivity contribution in [2.24, 2.45) is 16.2 Å². The van der Waals surface area contributed by atoms with Crippen LogP contribution >= 0.6 is 72.3 Å². The van der Waals surface area contributed by atoms with E-state index in [1.54, 1.807) is 12.1 Å². The molecule has 3 saturated heterocycles. The summed E-state index contributed by atoms with van der Waals surface area (Å²) in [5, 5.41) is 12.1. The van der Waals surface area contributed by atoms with Crippen LogP contribution in [0.3, 0.4) is 0 Å². The van der Waals surface area contributed by atoms with Crippen molar-refractivity contribution in [2.75, 3.05) is 50.3 Å². The molecule has 3 N–H and O–H groups in total. The first-order chi connectivity index (χ1) is 50.4. The van der Waals surface area contributed by atoms with Crippen LogP contribution in [0.2, 0.25) is 0 Å². The van der Waals surface area contributed by atoms with Crippen LogP contribution in [0.5, 0.6) is 0 Å². The molecule has 0 unspecified atom stereocenters. The van der Waals surface area contributed by atoms with Gasteiger partial charge in [-0.1, -0.05) is 93.6 Å². The molecule has 7 aromatic carbocycles. The molecule has 3 spiro atoms. The van der Waals surface area contributed by atoms with Gasteiger partial charge in [0.2, 0.25) is 29.6 Å². The predicted octanol–water partition coefficient (Wildman–Crippen LogP) is 15.0. The fourth-order valence-corrected chi connectivity index (χ4v) is 17.1. The maximum atomic E-state index is 13.8. The van der Waals surface area contributed by atoms with Gasteiger partial charge in [-0.2, -0.15) is 40.5 Å². The number of nitrogens with zero attached hydrogens (tertiary/aromatic N) is 9. The van der Waals surface area contributed by atoms with Gasteiger partial charge in [0.15, 0.2) is 15.3 Å². The maximum absolute atomic E-state index is 13.8. The van der Waals surface area contributed by atoms with Crippen molar-refractivity contribution in [2.45, 2.75) is 137 Å². The number of nitrogens with one attached hydrogen (secondary N) is 2. The molecule has 0 radical (unpaired) electrons. The highest BCUT2D eigenvalue weighted by Gasteiger charge is 2.52. The molecule has 11 aromatic rings. The molecule has 0 saturated carbocycles. The topological polar surface area (TPSA) is 242 Å². The van der Waals surface area contributed by atoms with Crippen LogP contribution in [0.1, 0.15) is 143 Å². The number of aryl methyl sites for hydroxylation is 6. The molecule has 25 heteroatoms. The number of esters is 2. The Hall–Kier alpha value is -8.59. The van der Waals surface area contributed by atoms with Gasteiger partial charge in [-0.3, -0.25) is 29.0 Å². The molecule has 3 aliphatic heterocycles. The van der Waals surface area contributed by atoms with E-state index in [1.165, 1.54) is 36.4 Å². The molecule has 3 atom stereocenters. The summed E-state index contributed by atoms with van der Waals surface area (Å²) in [6.45, 7) is 10.7. The van der Waals surface area contributed by atoms with Crippen LogP contribution in [-0.2, 0) is 82.0 Å². The van der Waals surface area contributed by atoms with Gasteiger partial charge in [-0.05, 0) is 240 Å². The lowest BCUT2D eigenvalue weighted by atomic mass is 9.70. The quantitative estimate of drug-likeness (QED) is 0.0762. The lowest BCUT2D eigenvalue weighted by Crippen LogP contribution is -2.39. The molecular formula is C82H93Br2N11O9S3. The Kier molecular flexibility index (Phi) is 26.6. The van der Waals surface area contributed by atoms with Crippen molar-refractivity contribution < 1.29 is 43.3 Å². The number of H-pyrrole nitrogens is 1. The number of hydrogen-bond donors (Lipinski definition) is 3. The number of methoxy groups -OCH3 is 2. The number of anilines is 2. The van der Waals surface area contributed by atoms with Crippen LogP contribution in [0.25, 0.3) is 44.1 Å². The number of hydrogen-bond acceptors (Lipinski definition) is 13. The van der Waals surface area contributed by atoms with Gasteiger partial charge in [0.1, 0.15) is 6.61 Å². The normalized spacial score (nSPS) is 18.6. The second-order valence-electron chi connectivity index (χ2n) is 28.0. The molecule has 17 rings (SSSR count). The summed E-state index contributed by atoms with van der Waals surface area (Å²) >= 11 is 6.72. The van der Waals surface area contributed by atoms with Gasteiger partial charge >= 0.3 is 11.9 Å². The Morgan fingerprint density at radius 1 is 0.477 bits per heavy atom. The summed E-state index contributed by atoms with van der Waals surface area (Å²) in [4.78, 5) is 100. The largest absolute Gasteiger partial charge is 0.465 e. The molecule has 7 heterocycles. The number of ether oxygens (including phenoxy) is 2. The number of carbonyl (C=O) groups is 6. The number of aromatic nitrogens is 8. The van der Waals surface area contributed by atoms with E-state index in [1.807, 2.05) is 131 Å². The Balaban J connectivity index is 0.000000150. The Bertz CT molecular complexity index is 4880. The summed E-state index contributed by atoms with van der Waals surface area (Å²) < 4.78 is 17.9. The first-order valence-corrected chi connectivity index (χ1v) is 37.7. The van der Waals surface area contributed by atoms with E-state index in [0.29, 0.717) is 42.6 Å². The van der Waals surface area contributed by atoms with Gasteiger partial charge in [0, 0.05) is 44.8 Å². The van der Waals surface area contributed by atoms with Crippen molar-refractivity contribution in [1.29, 1.82) is 0 Å². The summed E-state index contributed by atoms with van der Waals surface area (Å²) in [7, 11) is 2.78. The number of Topliss-reactive ketones (excluding diaryl/α,β-unsaturated/α-hetero) is 1. The van der Waals surface area contributed by atoms with Crippen LogP contribution in [0.4, 0.5) is 11.9 Å². The third-order valence-corrected chi connectivity index (χ3v) is 22.6. The van der Waals surface area contributed by atoms with Crippen LogP contribution in [0.15, 0.2) is 161 Å². The monoisotopic (exact) mass is 1630 g/mol. The average molecular weight is 1630 g/mol. The Morgan fingerprint density at radius 2 is 0.879 bits per heavy atom. The van der Waals surface area contributed by atoms with Crippen LogP contribution in [-0.4, -0.2) is 120 Å². The molecule has 3 aliphatic carbocycles. The lowest BCUT2D eigenvalue weighted by molar-refractivity contribution is -0.128. The molecule has 6 aliphatic rings. The minimum Gasteiger partial charge on any atom is -0.465 e. The van der Waals surface area contributed by atoms with Crippen LogP contribution in [0, 0.1) is 16.2 Å². The standard InChI is InChI=1S/2C25H27N3O3.C15H17NO3.C10H11BrN2.C7H5BrN2.3H2S/c1-3-13-27-21-7-5-4-6-20(21)26-24(27)28-14-12-25(23(28)30)11-10-17-8-9-18(22(29)31-2)15-19(17)16-25;1-2-12-27-21-6-4-3-5-20(21)26-24(27)28-13-11-25(23(28)31)10-9-17-7-8-18(22(30)16-29)14-19(17)15-25;1-19-13(17)11-3-2-10-4-5-15(9-12(10)8-11)6-7-16-14(15)18;1-2-7-13-9-6-4-3-5-8(9)12-10(13)11;8-7-9-5-3-1-2-4-6(5)10-7;;;/h4-9,15H,3,10-14,16H2,1-2H3;3-8,14,29H,2,9-13,15-16H2,1H3;2-3,8H,4-7,9H2,1H3,(H,16,18);3-6H,2,7H2,1H3;1-4H,(H,9,10);3*1H2/t2*25-;15-;;;;;/m111...../s1. The predicted molar refractivity (Wildman–Crippen MR) is 441 cm³/mol. The summed E-state index contributed by atoms with van der Waals surface area (Å²) in [5.74, 6) is 1.04. The van der Waals surface area contributed by atoms with E-state index in [2.05, 4.69) is 105 Å². The molecular weight excluding hydrogens is 1540 g/mol. The van der Waals surface area contributed by atoms with E-state index in [0.717, 1.165) is 186 Å². The third-order valence-electron chi connectivity index (χ3n) is 21.6. The van der Waals surface area contributed by atoms with Gasteiger partial charge in [-0.15, -0.1) is 0 Å². The smallest absolute Gasteiger partial charge is 0.337 e. The fraction of sp³-hybridized carbons (Fsp3) is 0.366. The van der Waals surface area contributed by atoms with Crippen molar-refractivity contribution in [1.82, 2.24) is 43.9 Å². The first-order valence-electron chi connectivity index (χ1n) is 36.2. The maximum Gasteiger partial charge on any atom is 0.337 e. The van der Waals surface area contributed by atoms with E-state index in [-0.39, 0.29) is 81.3 Å². The number of imidazole rings is 4. The third kappa shape index (κ3) is 16.6. The highest BCUT2D eigenvalue weighted by atomic mass is 79.9. The number of halogens is 2. The van der Waals surface area contributed by atoms with Gasteiger partial charge in [-0.25, -0.2) is 29.5 Å². The van der Waals surface area contributed by atoms with Crippen molar-refractivity contribution in [3.63, 3.8) is 0 Å². The summed E-state index contributed by atoms with van der Waals surface area (Å²) in [6.07, 6.45) is 12.7. The van der Waals surface area contributed by atoms with Gasteiger partial charge in [0.25, 0.3) is 0 Å². The average Bonchev–Trinajstić information content (AvgIpc) is 1.80. The summed E-state index contributed by atoms with van der Waals surface area (Å²) in [6, 6.07) is 49.3. The highest BCUT2D eigenvalue weighted by molar-refractivity contribution is 9.10. The van der Waals surface area contributed by atoms with Crippen LogP contribution < -0.4 is 15.1 Å². The van der Waals surface area contributed by atoms with E-state index in [4.69, 9.17) is 19.4 Å². The second-order valence-corrected chi connectivity index (χ2v) is 29.4. The lowest BCUT2D eigenvalue weighted by Gasteiger charge is -2.33.